The van der Waals surface area contributed by atoms with Gasteiger partial charge in [-0.25, -0.2) is 0 Å². The second-order valence-electron chi connectivity index (χ2n) is 37.2. The Labute approximate surface area is 644 Å². The monoisotopic (exact) mass is 1410 g/mol. The van der Waals surface area contributed by atoms with Gasteiger partial charge < -0.3 is 18.9 Å². The molecule has 0 unspecified atom stereocenters. The van der Waals surface area contributed by atoms with Crippen LogP contribution in [0.25, 0.3) is 99.5 Å². The molecular formula is C104H97BN4. The highest BCUT2D eigenvalue weighted by Gasteiger charge is 2.54. The Bertz CT molecular complexity index is 5540. The minimum absolute atomic E-state index is 0.0125. The van der Waals surface area contributed by atoms with Gasteiger partial charge >= 0.3 is 0 Å². The summed E-state index contributed by atoms with van der Waals surface area (Å²) in [5.74, 6) is 2.15. The van der Waals surface area contributed by atoms with Crippen molar-refractivity contribution < 1.29 is 0 Å². The third kappa shape index (κ3) is 10.9. The summed E-state index contributed by atoms with van der Waals surface area (Å²) in [5.41, 5.74) is 34.5. The van der Waals surface area contributed by atoms with Crippen molar-refractivity contribution >= 4 is 101 Å². The van der Waals surface area contributed by atoms with Crippen LogP contribution in [0.1, 0.15) is 149 Å². The van der Waals surface area contributed by atoms with Gasteiger partial charge in [0.15, 0.2) is 0 Å². The lowest BCUT2D eigenvalue weighted by Crippen LogP contribution is -2.61. The van der Waals surface area contributed by atoms with Gasteiger partial charge in [-0.15, -0.1) is 0 Å². The summed E-state index contributed by atoms with van der Waals surface area (Å²) in [6.07, 6.45) is 7.73. The third-order valence-electron chi connectivity index (χ3n) is 26.1. The second kappa shape index (κ2) is 24.6. The van der Waals surface area contributed by atoms with Crippen molar-refractivity contribution in [2.24, 2.45) is 17.8 Å². The number of benzene rings is 13. The standard InChI is InChI=1S/C104H97BN4/c1-100(2,3)72-39-47-89-83(54-72)84-55-73(101(4,5)6)40-48-90(84)106(89)77-43-45-87-93(60-77)108(98-79(68-27-17-13-18-28-68)35-25-36-80(98)69-29-19-14-20-30-69)95-58-76(104-62-65-51-66(63-104)53-67(52-65)64-104)59-96-97(95)105(87)88-46-44-78(107-91-49-41-74(102(7,8)9)56-85(91)86-57-75(103(10,11)12)42-50-92(86)107)61-94(88)109(96)99-81(70-31-21-15-22-32-70)37-26-38-82(99)71-33-23-16-24-34-71/h13-50,54-61,65-67H,51-53,62-64H2,1-12H3. The van der Waals surface area contributed by atoms with Crippen LogP contribution in [0.2, 0.25) is 0 Å². The van der Waals surface area contributed by atoms with Crippen molar-refractivity contribution in [2.75, 3.05) is 9.80 Å². The Morgan fingerprint density at radius 1 is 0.294 bits per heavy atom. The van der Waals surface area contributed by atoms with Crippen molar-refractivity contribution in [1.29, 1.82) is 0 Å². The summed E-state index contributed by atoms with van der Waals surface area (Å²) in [4.78, 5) is 5.64. The van der Waals surface area contributed by atoms with Crippen LogP contribution in [0.4, 0.5) is 34.1 Å². The summed E-state index contributed by atoms with van der Waals surface area (Å²) in [7, 11) is 0. The van der Waals surface area contributed by atoms with Crippen LogP contribution in [0.3, 0.4) is 0 Å². The smallest absolute Gasteiger partial charge is 0.252 e. The Morgan fingerprint density at radius 3 is 0.872 bits per heavy atom. The Hall–Kier alpha value is -10.9. The van der Waals surface area contributed by atoms with E-state index < -0.39 is 0 Å². The molecule has 0 N–H and O–H groups in total. The van der Waals surface area contributed by atoms with Gasteiger partial charge in [-0.2, -0.15) is 0 Å². The molecule has 5 heteroatoms. The van der Waals surface area contributed by atoms with Gasteiger partial charge in [0.25, 0.3) is 6.71 Å². The highest BCUT2D eigenvalue weighted by atomic mass is 15.2. The minimum atomic E-state index is -0.201. The molecule has 0 radical (unpaired) electrons. The fourth-order valence-electron chi connectivity index (χ4n) is 20.9. The van der Waals surface area contributed by atoms with Gasteiger partial charge in [-0.1, -0.05) is 277 Å². The molecule has 2 aromatic heterocycles. The average Bonchev–Trinajstić information content (AvgIpc) is 1.12. The number of hydrogen-bond donors (Lipinski definition) is 0. The van der Waals surface area contributed by atoms with Crippen LogP contribution in [-0.4, -0.2) is 15.8 Å². The van der Waals surface area contributed by atoms with E-state index in [4.69, 9.17) is 0 Å². The molecule has 4 aliphatic carbocycles. The molecule has 109 heavy (non-hydrogen) atoms. The Balaban J connectivity index is 0.954. The number of fused-ring (bicyclic) bond motifs is 10. The molecule has 536 valence electrons. The summed E-state index contributed by atoms with van der Waals surface area (Å²) in [6, 6.07) is 110. The highest BCUT2D eigenvalue weighted by molar-refractivity contribution is 7.00. The molecule has 0 spiro atoms. The van der Waals surface area contributed by atoms with Crippen molar-refractivity contribution in [3.63, 3.8) is 0 Å². The zero-order valence-corrected chi connectivity index (χ0v) is 65.4. The average molecular weight is 1410 g/mol. The Kier molecular flexibility index (Phi) is 15.2. The lowest BCUT2D eigenvalue weighted by molar-refractivity contribution is -0.00514. The molecule has 15 aromatic rings. The second-order valence-corrected chi connectivity index (χ2v) is 37.2. The van der Waals surface area contributed by atoms with E-state index in [1.165, 1.54) is 205 Å². The van der Waals surface area contributed by atoms with Gasteiger partial charge in [0.2, 0.25) is 0 Å². The predicted molar refractivity (Wildman–Crippen MR) is 466 cm³/mol. The molecule has 4 bridgehead atoms. The normalized spacial score (nSPS) is 18.1. The molecule has 13 aromatic carbocycles. The van der Waals surface area contributed by atoms with Crippen LogP contribution in [-0.2, 0) is 27.1 Å². The highest BCUT2D eigenvalue weighted by Crippen LogP contribution is 2.63. The molecule has 4 fully saturated rings. The number of rotatable bonds is 9. The quantitative estimate of drug-likeness (QED) is 0.134. The SMILES string of the molecule is CC(C)(C)c1ccc2c(c1)c1cc(C(C)(C)C)ccc1n2-c1ccc2c(c1)N(c1c(-c3ccccc3)cccc1-c1ccccc1)c1cc(C34CC5CC(CC(C5)C3)C4)cc3c1B2c1ccc(-n2c4ccc(C(C)(C)C)cc4c4cc(C(C)(C)C)ccc42)cc1N3c1c(-c2ccccc2)cccc1-c1ccccc1. The molecule has 4 heterocycles. The van der Waals surface area contributed by atoms with Crippen molar-refractivity contribution in [3.8, 4) is 55.9 Å². The molecule has 0 atom stereocenters. The van der Waals surface area contributed by atoms with E-state index in [1.807, 2.05) is 0 Å². The fraction of sp³-hybridized carbons (Fsp3) is 0.250. The lowest BCUT2D eigenvalue weighted by Gasteiger charge is -2.57. The number of anilines is 6. The molecular weight excluding hydrogens is 1320 g/mol. The van der Waals surface area contributed by atoms with Gasteiger partial charge in [0, 0.05) is 77.9 Å². The van der Waals surface area contributed by atoms with Gasteiger partial charge in [-0.3, -0.25) is 0 Å². The van der Waals surface area contributed by atoms with Gasteiger partial charge in [0.1, 0.15) is 0 Å². The molecule has 4 nitrogen and oxygen atoms in total. The van der Waals surface area contributed by atoms with Crippen LogP contribution in [0.15, 0.2) is 279 Å². The molecule has 2 aliphatic heterocycles. The van der Waals surface area contributed by atoms with Crippen molar-refractivity contribution in [3.05, 3.63) is 307 Å². The van der Waals surface area contributed by atoms with E-state index in [-0.39, 0.29) is 33.8 Å². The molecule has 6 aliphatic rings. The summed E-state index contributed by atoms with van der Waals surface area (Å²) >= 11 is 0. The van der Waals surface area contributed by atoms with E-state index in [9.17, 15) is 0 Å². The first-order valence-electron chi connectivity index (χ1n) is 40.2. The summed E-state index contributed by atoms with van der Waals surface area (Å²) < 4.78 is 5.20. The number of aromatic nitrogens is 2. The van der Waals surface area contributed by atoms with Crippen molar-refractivity contribution in [2.45, 2.75) is 149 Å². The fourth-order valence-corrected chi connectivity index (χ4v) is 20.9. The van der Waals surface area contributed by atoms with Gasteiger partial charge in [0.05, 0.1) is 33.4 Å². The largest absolute Gasteiger partial charge is 0.310 e. The number of para-hydroxylation sites is 2. The van der Waals surface area contributed by atoms with E-state index in [2.05, 4.69) is 381 Å². The maximum atomic E-state index is 2.82. The summed E-state index contributed by atoms with van der Waals surface area (Å²) in [6.45, 7) is 28.0. The van der Waals surface area contributed by atoms with E-state index in [1.54, 1.807) is 0 Å². The van der Waals surface area contributed by atoms with Crippen LogP contribution in [0.5, 0.6) is 0 Å². The van der Waals surface area contributed by atoms with Crippen molar-refractivity contribution in [1.82, 2.24) is 9.13 Å². The number of hydrogen-bond acceptors (Lipinski definition) is 2. The van der Waals surface area contributed by atoms with Crippen LogP contribution < -0.4 is 26.2 Å². The van der Waals surface area contributed by atoms with E-state index in [0.717, 1.165) is 11.4 Å². The molecule has 21 rings (SSSR count). The topological polar surface area (TPSA) is 16.3 Å². The first-order valence-corrected chi connectivity index (χ1v) is 40.2. The van der Waals surface area contributed by atoms with Gasteiger partial charge in [-0.05, 0) is 235 Å². The molecule has 0 saturated heterocycles. The maximum absolute atomic E-state index is 2.82. The third-order valence-corrected chi connectivity index (χ3v) is 26.1. The zero-order valence-electron chi connectivity index (χ0n) is 65.4. The zero-order chi connectivity index (χ0) is 74.4. The lowest BCUT2D eigenvalue weighted by atomic mass is 9.33. The maximum Gasteiger partial charge on any atom is 0.252 e. The molecule has 0 amide bonds. The minimum Gasteiger partial charge on any atom is -0.310 e. The number of nitrogens with zero attached hydrogens (tertiary/aromatic N) is 4. The molecule has 4 saturated carbocycles. The predicted octanol–water partition coefficient (Wildman–Crippen LogP) is 26.3. The first kappa shape index (κ1) is 67.5. The first-order chi connectivity index (χ1) is 52.5. The Morgan fingerprint density at radius 2 is 0.587 bits per heavy atom. The van der Waals surface area contributed by atoms with Crippen LogP contribution in [0, 0.1) is 17.8 Å². The van der Waals surface area contributed by atoms with Crippen LogP contribution >= 0.6 is 0 Å². The summed E-state index contributed by atoms with van der Waals surface area (Å²) in [5, 5.41) is 5.15. The van der Waals surface area contributed by atoms with E-state index in [0.29, 0.717) is 17.8 Å². The van der Waals surface area contributed by atoms with E-state index >= 15 is 0 Å².